The first-order chi connectivity index (χ1) is 6.11. The Kier molecular flexibility index (Phi) is 2.34. The summed E-state index contributed by atoms with van der Waals surface area (Å²) in [4.78, 5) is 0. The highest BCUT2D eigenvalue weighted by Gasteiger charge is 2.38. The molecule has 13 heavy (non-hydrogen) atoms. The molecule has 4 heteroatoms. The van der Waals surface area contributed by atoms with Gasteiger partial charge in [-0.25, -0.2) is 4.39 Å². The Morgan fingerprint density at radius 2 is 2.15 bits per heavy atom. The number of halogens is 3. The van der Waals surface area contributed by atoms with Gasteiger partial charge in [-0.3, -0.25) is 0 Å². The molecule has 1 aromatic carbocycles. The number of hydrogen-bond acceptors (Lipinski definition) is 1. The second kappa shape index (κ2) is 3.23. The molecular weight excluding hydrogens is 256 g/mol. The molecular formula is C9H8BrClFN. The zero-order valence-corrected chi connectivity index (χ0v) is 9.07. The molecule has 1 aliphatic carbocycles. The van der Waals surface area contributed by atoms with Gasteiger partial charge in [-0.1, -0.05) is 27.5 Å². The highest BCUT2D eigenvalue weighted by Crippen LogP contribution is 2.44. The molecule has 2 N–H and O–H groups in total. The molecule has 0 spiro atoms. The molecule has 0 amide bonds. The van der Waals surface area contributed by atoms with Crippen LogP contribution in [0.2, 0.25) is 5.02 Å². The summed E-state index contributed by atoms with van der Waals surface area (Å²) in [5.41, 5.74) is 6.28. The number of benzene rings is 1. The van der Waals surface area contributed by atoms with Crippen LogP contribution in [-0.4, -0.2) is 6.04 Å². The Morgan fingerprint density at radius 3 is 2.69 bits per heavy atom. The first-order valence-corrected chi connectivity index (χ1v) is 5.17. The first-order valence-electron chi connectivity index (χ1n) is 4.00. The molecule has 1 aromatic rings. The van der Waals surface area contributed by atoms with E-state index in [0.717, 1.165) is 10.9 Å². The standard InChI is InChI=1S/C9H8BrClFN/c10-5-1-2-6(11)9(12)8(5)4-3-7(4)13/h1-2,4,7H,3,13H2. The fourth-order valence-electron chi connectivity index (χ4n) is 1.43. The smallest absolute Gasteiger partial charge is 0.146 e. The number of hydrogen-bond donors (Lipinski definition) is 1. The predicted molar refractivity (Wildman–Crippen MR) is 54.4 cm³/mol. The molecule has 0 heterocycles. The van der Waals surface area contributed by atoms with E-state index >= 15 is 0 Å². The Labute approximate surface area is 89.2 Å². The summed E-state index contributed by atoms with van der Waals surface area (Å²) in [7, 11) is 0. The molecule has 0 saturated heterocycles. The summed E-state index contributed by atoms with van der Waals surface area (Å²) in [6.07, 6.45) is 0.843. The Balaban J connectivity index is 2.48. The van der Waals surface area contributed by atoms with E-state index < -0.39 is 0 Å². The molecule has 0 bridgehead atoms. The normalized spacial score (nSPS) is 26.2. The summed E-state index contributed by atoms with van der Waals surface area (Å²) in [5.74, 6) is -0.206. The third-order valence-electron chi connectivity index (χ3n) is 2.29. The number of nitrogens with two attached hydrogens (primary N) is 1. The van der Waals surface area contributed by atoms with Gasteiger partial charge >= 0.3 is 0 Å². The lowest BCUT2D eigenvalue weighted by molar-refractivity contribution is 0.608. The third-order valence-corrected chi connectivity index (χ3v) is 3.27. The zero-order valence-electron chi connectivity index (χ0n) is 6.73. The monoisotopic (exact) mass is 263 g/mol. The van der Waals surface area contributed by atoms with Crippen molar-refractivity contribution < 1.29 is 4.39 Å². The average Bonchev–Trinajstić information content (AvgIpc) is 2.76. The van der Waals surface area contributed by atoms with Crippen LogP contribution in [-0.2, 0) is 0 Å². The van der Waals surface area contributed by atoms with Crippen molar-refractivity contribution in [3.63, 3.8) is 0 Å². The van der Waals surface area contributed by atoms with Crippen molar-refractivity contribution in [3.05, 3.63) is 33.0 Å². The molecule has 1 nitrogen and oxygen atoms in total. The second-order valence-corrected chi connectivity index (χ2v) is 4.52. The van der Waals surface area contributed by atoms with Crippen LogP contribution in [0.25, 0.3) is 0 Å². The van der Waals surface area contributed by atoms with Crippen LogP contribution in [0.4, 0.5) is 4.39 Å². The lowest BCUT2D eigenvalue weighted by Crippen LogP contribution is -2.03. The first kappa shape index (κ1) is 9.44. The summed E-state index contributed by atoms with van der Waals surface area (Å²) in [5, 5.41) is 0.164. The van der Waals surface area contributed by atoms with E-state index in [0.29, 0.717) is 5.56 Å². The van der Waals surface area contributed by atoms with Gasteiger partial charge in [-0.15, -0.1) is 0 Å². The molecule has 0 aliphatic heterocycles. The molecule has 0 aromatic heterocycles. The Bertz CT molecular complexity index is 356. The minimum atomic E-state index is -0.339. The van der Waals surface area contributed by atoms with Crippen molar-refractivity contribution in [3.8, 4) is 0 Å². The second-order valence-electron chi connectivity index (χ2n) is 3.26. The van der Waals surface area contributed by atoms with Crippen LogP contribution in [0.5, 0.6) is 0 Å². The molecule has 70 valence electrons. The van der Waals surface area contributed by atoms with E-state index in [1.165, 1.54) is 0 Å². The van der Waals surface area contributed by atoms with Gasteiger partial charge in [0, 0.05) is 22.0 Å². The van der Waals surface area contributed by atoms with Crippen LogP contribution < -0.4 is 5.73 Å². The molecule has 1 fully saturated rings. The SMILES string of the molecule is NC1CC1c1c(Br)ccc(Cl)c1F. The van der Waals surface area contributed by atoms with E-state index in [1.807, 2.05) is 0 Å². The van der Waals surface area contributed by atoms with Crippen LogP contribution in [0.15, 0.2) is 16.6 Å². The Hall–Kier alpha value is -0.120. The Morgan fingerprint density at radius 1 is 1.54 bits per heavy atom. The average molecular weight is 265 g/mol. The minimum absolute atomic E-state index is 0.0873. The molecule has 0 radical (unpaired) electrons. The van der Waals surface area contributed by atoms with Gasteiger partial charge in [0.1, 0.15) is 5.82 Å². The fraction of sp³-hybridized carbons (Fsp3) is 0.333. The van der Waals surface area contributed by atoms with Crippen molar-refractivity contribution in [1.82, 2.24) is 0 Å². The van der Waals surface area contributed by atoms with Crippen molar-refractivity contribution in [2.24, 2.45) is 5.73 Å². The van der Waals surface area contributed by atoms with Gasteiger partial charge in [-0.2, -0.15) is 0 Å². The molecule has 2 atom stereocenters. The molecule has 1 aliphatic rings. The van der Waals surface area contributed by atoms with Crippen molar-refractivity contribution in [2.45, 2.75) is 18.4 Å². The van der Waals surface area contributed by atoms with E-state index in [2.05, 4.69) is 15.9 Å². The van der Waals surface area contributed by atoms with Gasteiger partial charge in [0.25, 0.3) is 0 Å². The largest absolute Gasteiger partial charge is 0.327 e. The van der Waals surface area contributed by atoms with E-state index in [4.69, 9.17) is 17.3 Å². The van der Waals surface area contributed by atoms with E-state index in [9.17, 15) is 4.39 Å². The maximum atomic E-state index is 13.5. The van der Waals surface area contributed by atoms with Crippen LogP contribution >= 0.6 is 27.5 Å². The summed E-state index contributed by atoms with van der Waals surface area (Å²) < 4.78 is 14.3. The fourth-order valence-corrected chi connectivity index (χ4v) is 2.19. The third kappa shape index (κ3) is 1.60. The van der Waals surface area contributed by atoms with E-state index in [1.54, 1.807) is 12.1 Å². The van der Waals surface area contributed by atoms with Crippen LogP contribution in [0, 0.1) is 5.82 Å². The van der Waals surface area contributed by atoms with Gasteiger partial charge in [0.15, 0.2) is 0 Å². The minimum Gasteiger partial charge on any atom is -0.327 e. The molecule has 2 unspecified atom stereocenters. The number of rotatable bonds is 1. The maximum Gasteiger partial charge on any atom is 0.146 e. The lowest BCUT2D eigenvalue weighted by atomic mass is 10.1. The topological polar surface area (TPSA) is 26.0 Å². The van der Waals surface area contributed by atoms with Crippen molar-refractivity contribution in [1.29, 1.82) is 0 Å². The van der Waals surface area contributed by atoms with Crippen LogP contribution in [0.1, 0.15) is 17.9 Å². The van der Waals surface area contributed by atoms with Crippen molar-refractivity contribution in [2.75, 3.05) is 0 Å². The summed E-state index contributed by atoms with van der Waals surface area (Å²) >= 11 is 8.96. The summed E-state index contributed by atoms with van der Waals surface area (Å²) in [6, 6.07) is 3.38. The molecule has 1 saturated carbocycles. The van der Waals surface area contributed by atoms with Gasteiger partial charge in [-0.05, 0) is 18.6 Å². The van der Waals surface area contributed by atoms with Crippen LogP contribution in [0.3, 0.4) is 0 Å². The van der Waals surface area contributed by atoms with Gasteiger partial charge in [0.2, 0.25) is 0 Å². The van der Waals surface area contributed by atoms with Gasteiger partial charge in [0.05, 0.1) is 5.02 Å². The lowest BCUT2D eigenvalue weighted by Gasteiger charge is -2.05. The highest BCUT2D eigenvalue weighted by molar-refractivity contribution is 9.10. The maximum absolute atomic E-state index is 13.5. The zero-order chi connectivity index (χ0) is 9.59. The van der Waals surface area contributed by atoms with Crippen molar-refractivity contribution >= 4 is 27.5 Å². The highest BCUT2D eigenvalue weighted by atomic mass is 79.9. The quantitative estimate of drug-likeness (QED) is 0.775. The van der Waals surface area contributed by atoms with E-state index in [-0.39, 0.29) is 22.8 Å². The molecule has 2 rings (SSSR count). The summed E-state index contributed by atoms with van der Waals surface area (Å²) in [6.45, 7) is 0. The predicted octanol–water partition coefficient (Wildman–Crippen LogP) is 3.06. The van der Waals surface area contributed by atoms with Gasteiger partial charge < -0.3 is 5.73 Å².